The molecule has 124 valence electrons. The third-order valence-corrected chi connectivity index (χ3v) is 4.77. The van der Waals surface area contributed by atoms with E-state index in [2.05, 4.69) is 41.5 Å². The van der Waals surface area contributed by atoms with Gasteiger partial charge in [0.25, 0.3) is 0 Å². The van der Waals surface area contributed by atoms with Crippen LogP contribution in [0.2, 0.25) is 5.02 Å². The van der Waals surface area contributed by atoms with Crippen molar-refractivity contribution in [2.45, 2.75) is 0 Å². The van der Waals surface area contributed by atoms with Gasteiger partial charge in [-0.25, -0.2) is 9.50 Å². The zero-order valence-electron chi connectivity index (χ0n) is 13.8. The topological polar surface area (TPSA) is 30.2 Å². The Balaban J connectivity index is 1.59. The number of hydrogen-bond acceptors (Lipinski definition) is 2. The molecule has 26 heavy (non-hydrogen) atoms. The molecule has 0 spiro atoms. The van der Waals surface area contributed by atoms with Crippen LogP contribution in [0.15, 0.2) is 85.1 Å². The summed E-state index contributed by atoms with van der Waals surface area (Å²) in [4.78, 5) is 4.75. The molecule has 0 N–H and O–H groups in total. The second-order valence-corrected chi connectivity index (χ2v) is 6.63. The lowest BCUT2D eigenvalue weighted by Crippen LogP contribution is -1.87. The second kappa shape index (κ2) is 5.97. The monoisotopic (exact) mass is 355 g/mol. The van der Waals surface area contributed by atoms with Crippen molar-refractivity contribution in [1.82, 2.24) is 14.6 Å². The summed E-state index contributed by atoms with van der Waals surface area (Å²) in [5.41, 5.74) is 4.21. The molecule has 0 unspecified atom stereocenters. The van der Waals surface area contributed by atoms with E-state index in [1.807, 2.05) is 53.2 Å². The summed E-state index contributed by atoms with van der Waals surface area (Å²) >= 11 is 6.09. The summed E-state index contributed by atoms with van der Waals surface area (Å²) < 4.78 is 1.82. The van der Waals surface area contributed by atoms with Gasteiger partial charge in [0.05, 0.1) is 0 Å². The fourth-order valence-electron chi connectivity index (χ4n) is 3.20. The van der Waals surface area contributed by atoms with Gasteiger partial charge in [-0.2, -0.15) is 0 Å². The van der Waals surface area contributed by atoms with E-state index in [-0.39, 0.29) is 0 Å². The zero-order valence-corrected chi connectivity index (χ0v) is 14.6. The van der Waals surface area contributed by atoms with E-state index in [9.17, 15) is 0 Å². The van der Waals surface area contributed by atoms with E-state index in [0.29, 0.717) is 5.82 Å². The first-order valence-electron chi connectivity index (χ1n) is 8.38. The van der Waals surface area contributed by atoms with Crippen molar-refractivity contribution in [3.8, 4) is 22.5 Å². The van der Waals surface area contributed by atoms with Gasteiger partial charge in [0.2, 0.25) is 0 Å². The number of pyridine rings is 1. The fraction of sp³-hybridized carbons (Fsp3) is 0. The first-order valence-corrected chi connectivity index (χ1v) is 8.76. The first kappa shape index (κ1) is 15.1. The maximum absolute atomic E-state index is 6.09. The molecule has 0 fully saturated rings. The van der Waals surface area contributed by atoms with Crippen LogP contribution >= 0.6 is 11.6 Å². The van der Waals surface area contributed by atoms with Crippen LogP contribution in [0.4, 0.5) is 0 Å². The Kier molecular flexibility index (Phi) is 3.47. The van der Waals surface area contributed by atoms with Crippen molar-refractivity contribution >= 4 is 28.0 Å². The summed E-state index contributed by atoms with van der Waals surface area (Å²) in [6, 6.07) is 26.5. The predicted octanol–water partition coefficient (Wildman–Crippen LogP) is 5.87. The largest absolute Gasteiger partial charge is 0.220 e. The van der Waals surface area contributed by atoms with Gasteiger partial charge in [0.1, 0.15) is 0 Å². The lowest BCUT2D eigenvalue weighted by Gasteiger charge is -2.02. The van der Waals surface area contributed by atoms with Crippen molar-refractivity contribution < 1.29 is 0 Å². The zero-order chi connectivity index (χ0) is 17.5. The maximum atomic E-state index is 6.09. The molecular formula is C22H14ClN3. The molecular weight excluding hydrogens is 342 g/mol. The highest BCUT2D eigenvalue weighted by molar-refractivity contribution is 6.31. The van der Waals surface area contributed by atoms with Crippen LogP contribution < -0.4 is 0 Å². The summed E-state index contributed by atoms with van der Waals surface area (Å²) in [5.74, 6) is 0.715. The quantitative estimate of drug-likeness (QED) is 0.396. The molecule has 0 aliphatic carbocycles. The highest BCUT2D eigenvalue weighted by atomic mass is 35.5. The minimum atomic E-state index is 0.715. The summed E-state index contributed by atoms with van der Waals surface area (Å²) in [6.45, 7) is 0. The van der Waals surface area contributed by atoms with Crippen LogP contribution in [0.5, 0.6) is 0 Å². The van der Waals surface area contributed by atoms with Crippen molar-refractivity contribution in [2.75, 3.05) is 0 Å². The Morgan fingerprint density at radius 2 is 1.46 bits per heavy atom. The SMILES string of the molecule is Clc1ccc2c(ccn3nc(-c4ccc(-c5ccccc5)cc4)nc23)c1. The number of fused-ring (bicyclic) bond motifs is 3. The van der Waals surface area contributed by atoms with Gasteiger partial charge in [0.15, 0.2) is 11.5 Å². The number of benzene rings is 3. The van der Waals surface area contributed by atoms with E-state index in [1.165, 1.54) is 11.1 Å². The molecule has 0 aliphatic heterocycles. The smallest absolute Gasteiger partial charge is 0.182 e. The number of nitrogens with zero attached hydrogens (tertiary/aromatic N) is 3. The number of rotatable bonds is 2. The van der Waals surface area contributed by atoms with Crippen LogP contribution in [0, 0.1) is 0 Å². The average Bonchev–Trinajstić information content (AvgIpc) is 3.13. The second-order valence-electron chi connectivity index (χ2n) is 6.19. The fourth-order valence-corrected chi connectivity index (χ4v) is 3.38. The molecule has 4 heteroatoms. The van der Waals surface area contributed by atoms with Gasteiger partial charge in [-0.15, -0.1) is 5.10 Å². The molecule has 0 aliphatic rings. The lowest BCUT2D eigenvalue weighted by atomic mass is 10.0. The highest BCUT2D eigenvalue weighted by Crippen LogP contribution is 2.26. The molecule has 0 atom stereocenters. The van der Waals surface area contributed by atoms with Gasteiger partial charge in [-0.3, -0.25) is 0 Å². The Hall–Kier alpha value is -3.17. The van der Waals surface area contributed by atoms with E-state index in [4.69, 9.17) is 16.6 Å². The van der Waals surface area contributed by atoms with Gasteiger partial charge in [0, 0.05) is 22.2 Å². The molecule has 2 heterocycles. The van der Waals surface area contributed by atoms with Crippen molar-refractivity contribution in [3.05, 3.63) is 90.1 Å². The number of aromatic nitrogens is 3. The standard InChI is InChI=1S/C22H14ClN3/c23-19-10-11-20-18(14-19)12-13-26-22(20)24-21(25-26)17-8-6-16(7-9-17)15-4-2-1-3-5-15/h1-14H. The average molecular weight is 356 g/mol. The first-order chi connectivity index (χ1) is 12.8. The minimum absolute atomic E-state index is 0.715. The van der Waals surface area contributed by atoms with E-state index >= 15 is 0 Å². The molecule has 5 aromatic rings. The van der Waals surface area contributed by atoms with E-state index < -0.39 is 0 Å². The number of halogens is 1. The lowest BCUT2D eigenvalue weighted by molar-refractivity contribution is 0.971. The molecule has 0 amide bonds. The number of hydrogen-bond donors (Lipinski definition) is 0. The van der Waals surface area contributed by atoms with Crippen molar-refractivity contribution in [3.63, 3.8) is 0 Å². The third kappa shape index (κ3) is 2.54. The molecule has 0 radical (unpaired) electrons. The molecule has 0 saturated carbocycles. The minimum Gasteiger partial charge on any atom is -0.220 e. The molecule has 0 bridgehead atoms. The van der Waals surface area contributed by atoms with Crippen LogP contribution in [0.1, 0.15) is 0 Å². The van der Waals surface area contributed by atoms with Gasteiger partial charge in [-0.1, -0.05) is 66.2 Å². The van der Waals surface area contributed by atoms with Gasteiger partial charge in [-0.05, 0) is 40.8 Å². The maximum Gasteiger partial charge on any atom is 0.182 e. The van der Waals surface area contributed by atoms with Crippen LogP contribution in [0.25, 0.3) is 38.9 Å². The van der Waals surface area contributed by atoms with Crippen LogP contribution in [-0.2, 0) is 0 Å². The normalized spacial score (nSPS) is 11.3. The van der Waals surface area contributed by atoms with Crippen molar-refractivity contribution in [2.24, 2.45) is 0 Å². The molecule has 0 saturated heterocycles. The highest BCUT2D eigenvalue weighted by Gasteiger charge is 2.10. The Morgan fingerprint density at radius 3 is 2.27 bits per heavy atom. The van der Waals surface area contributed by atoms with Crippen molar-refractivity contribution in [1.29, 1.82) is 0 Å². The van der Waals surface area contributed by atoms with Gasteiger partial charge < -0.3 is 0 Å². The Labute approximate surface area is 155 Å². The van der Waals surface area contributed by atoms with Crippen LogP contribution in [-0.4, -0.2) is 14.6 Å². The van der Waals surface area contributed by atoms with Gasteiger partial charge >= 0.3 is 0 Å². The molecule has 5 rings (SSSR count). The Morgan fingerprint density at radius 1 is 0.731 bits per heavy atom. The summed E-state index contributed by atoms with van der Waals surface area (Å²) in [6.07, 6.45) is 1.92. The van der Waals surface area contributed by atoms with Crippen LogP contribution in [0.3, 0.4) is 0 Å². The third-order valence-electron chi connectivity index (χ3n) is 4.53. The predicted molar refractivity (Wildman–Crippen MR) is 106 cm³/mol. The summed E-state index contributed by atoms with van der Waals surface area (Å²) in [5, 5.41) is 7.45. The van der Waals surface area contributed by atoms with E-state index in [1.54, 1.807) is 0 Å². The molecule has 3 aromatic carbocycles. The molecule has 2 aromatic heterocycles. The van der Waals surface area contributed by atoms with E-state index in [0.717, 1.165) is 27.0 Å². The molecule has 3 nitrogen and oxygen atoms in total. The summed E-state index contributed by atoms with van der Waals surface area (Å²) in [7, 11) is 0. The Bertz CT molecular complexity index is 1230.